The lowest BCUT2D eigenvalue weighted by Crippen LogP contribution is -3.08. The fourth-order valence-corrected chi connectivity index (χ4v) is 1.97. The molecule has 5 heteroatoms. The predicted octanol–water partition coefficient (Wildman–Crippen LogP) is 0.529. The third kappa shape index (κ3) is 8.80. The van der Waals surface area contributed by atoms with Crippen molar-refractivity contribution in [2.24, 2.45) is 0 Å². The molecule has 0 atom stereocenters. The zero-order chi connectivity index (χ0) is 15.2. The Morgan fingerprint density at radius 2 is 1.24 bits per heavy atom. The van der Waals surface area contributed by atoms with Gasteiger partial charge in [0.1, 0.15) is 18.8 Å². The Morgan fingerprint density at radius 1 is 0.714 bits per heavy atom. The van der Waals surface area contributed by atoms with Gasteiger partial charge in [-0.15, -0.1) is 0 Å². The molecule has 0 bridgehead atoms. The smallest absolute Gasteiger partial charge is 0.131 e. The normalized spacial score (nSPS) is 11.2. The highest BCUT2D eigenvalue weighted by atomic mass is 16.5. The van der Waals surface area contributed by atoms with Crippen LogP contribution in [0.4, 0.5) is 5.69 Å². The van der Waals surface area contributed by atoms with E-state index in [4.69, 9.17) is 18.9 Å². The van der Waals surface area contributed by atoms with Crippen LogP contribution in [0.1, 0.15) is 0 Å². The van der Waals surface area contributed by atoms with Crippen LogP contribution in [0.2, 0.25) is 0 Å². The molecular weight excluding hydrogens is 270 g/mol. The Morgan fingerprint density at radius 3 is 1.71 bits per heavy atom. The van der Waals surface area contributed by atoms with E-state index in [2.05, 4.69) is 24.3 Å². The van der Waals surface area contributed by atoms with Crippen LogP contribution in [0.5, 0.6) is 0 Å². The van der Waals surface area contributed by atoms with Gasteiger partial charge >= 0.3 is 0 Å². The van der Waals surface area contributed by atoms with Gasteiger partial charge < -0.3 is 18.9 Å². The second-order valence-corrected chi connectivity index (χ2v) is 4.68. The first kappa shape index (κ1) is 18.1. The molecule has 1 aromatic rings. The van der Waals surface area contributed by atoms with E-state index < -0.39 is 0 Å². The number of methoxy groups -OCH3 is 2. The summed E-state index contributed by atoms with van der Waals surface area (Å²) >= 11 is 0. The van der Waals surface area contributed by atoms with Crippen molar-refractivity contribution in [3.05, 3.63) is 30.3 Å². The Bertz CT molecular complexity index is 320. The van der Waals surface area contributed by atoms with Crippen molar-refractivity contribution in [2.75, 3.05) is 67.0 Å². The van der Waals surface area contributed by atoms with Crippen LogP contribution in [-0.4, -0.2) is 67.0 Å². The molecule has 120 valence electrons. The third-order valence-corrected chi connectivity index (χ3v) is 3.14. The van der Waals surface area contributed by atoms with Crippen molar-refractivity contribution in [3.63, 3.8) is 0 Å². The third-order valence-electron chi connectivity index (χ3n) is 3.14. The van der Waals surface area contributed by atoms with Crippen molar-refractivity contribution in [1.29, 1.82) is 0 Å². The molecule has 0 aliphatic heterocycles. The molecular formula is C16H28NO4+. The Balaban J connectivity index is 2.32. The minimum Gasteiger partial charge on any atom is -0.382 e. The van der Waals surface area contributed by atoms with Crippen molar-refractivity contribution in [3.8, 4) is 0 Å². The lowest BCUT2D eigenvalue weighted by Gasteiger charge is -2.19. The van der Waals surface area contributed by atoms with Crippen LogP contribution in [0.3, 0.4) is 0 Å². The molecule has 0 saturated heterocycles. The molecule has 0 fully saturated rings. The largest absolute Gasteiger partial charge is 0.382 e. The first-order valence-corrected chi connectivity index (χ1v) is 7.42. The van der Waals surface area contributed by atoms with Crippen LogP contribution >= 0.6 is 0 Å². The second-order valence-electron chi connectivity index (χ2n) is 4.68. The molecule has 0 aliphatic carbocycles. The Labute approximate surface area is 127 Å². The van der Waals surface area contributed by atoms with Crippen LogP contribution < -0.4 is 4.90 Å². The number of ether oxygens (including phenoxy) is 4. The van der Waals surface area contributed by atoms with Crippen LogP contribution in [0, 0.1) is 0 Å². The molecule has 0 amide bonds. The Hall–Kier alpha value is -0.980. The second kappa shape index (κ2) is 12.7. The van der Waals surface area contributed by atoms with E-state index in [9.17, 15) is 0 Å². The highest BCUT2D eigenvalue weighted by molar-refractivity contribution is 5.27. The summed E-state index contributed by atoms with van der Waals surface area (Å²) in [7, 11) is 3.37. The fourth-order valence-electron chi connectivity index (χ4n) is 1.97. The molecule has 0 spiro atoms. The zero-order valence-electron chi connectivity index (χ0n) is 13.2. The van der Waals surface area contributed by atoms with Crippen molar-refractivity contribution < 1.29 is 23.8 Å². The molecule has 1 N–H and O–H groups in total. The van der Waals surface area contributed by atoms with Gasteiger partial charge in [0.05, 0.1) is 39.6 Å². The molecule has 5 nitrogen and oxygen atoms in total. The van der Waals surface area contributed by atoms with E-state index in [-0.39, 0.29) is 0 Å². The molecule has 0 saturated carbocycles. The molecule has 21 heavy (non-hydrogen) atoms. The number of quaternary nitrogens is 1. The molecule has 0 unspecified atom stereocenters. The monoisotopic (exact) mass is 298 g/mol. The molecule has 0 aliphatic rings. The van der Waals surface area contributed by atoms with Gasteiger partial charge in [-0.3, -0.25) is 4.90 Å². The van der Waals surface area contributed by atoms with Crippen LogP contribution in [0.15, 0.2) is 30.3 Å². The van der Waals surface area contributed by atoms with E-state index in [0.717, 1.165) is 13.1 Å². The number of benzene rings is 1. The Kier molecular flexibility index (Phi) is 11.0. The van der Waals surface area contributed by atoms with Crippen molar-refractivity contribution >= 4 is 5.69 Å². The summed E-state index contributed by atoms with van der Waals surface area (Å²) in [6.07, 6.45) is 0. The predicted molar refractivity (Wildman–Crippen MR) is 82.2 cm³/mol. The van der Waals surface area contributed by atoms with Gasteiger partial charge in [-0.2, -0.15) is 0 Å². The van der Waals surface area contributed by atoms with Gasteiger partial charge in [0, 0.05) is 14.2 Å². The van der Waals surface area contributed by atoms with Gasteiger partial charge in [-0.25, -0.2) is 0 Å². The maximum absolute atomic E-state index is 5.56. The SMILES string of the molecule is COCCOCC[NH+](CCOCCOC)c1ccccc1. The zero-order valence-corrected chi connectivity index (χ0v) is 13.2. The van der Waals surface area contributed by atoms with E-state index in [1.807, 2.05) is 6.07 Å². The molecule has 1 rings (SSSR count). The van der Waals surface area contributed by atoms with Gasteiger partial charge in [-0.1, -0.05) is 18.2 Å². The van der Waals surface area contributed by atoms with Crippen molar-refractivity contribution in [2.45, 2.75) is 0 Å². The quantitative estimate of drug-likeness (QED) is 0.539. The summed E-state index contributed by atoms with van der Waals surface area (Å²) in [5.41, 5.74) is 1.27. The molecule has 1 aromatic carbocycles. The minimum absolute atomic E-state index is 0.640. The van der Waals surface area contributed by atoms with E-state index in [0.29, 0.717) is 39.6 Å². The fraction of sp³-hybridized carbons (Fsp3) is 0.625. The van der Waals surface area contributed by atoms with Crippen molar-refractivity contribution in [1.82, 2.24) is 0 Å². The van der Waals surface area contributed by atoms with Gasteiger partial charge in [0.25, 0.3) is 0 Å². The number of nitrogens with one attached hydrogen (secondary N) is 1. The number of hydrogen-bond donors (Lipinski definition) is 1. The summed E-state index contributed by atoms with van der Waals surface area (Å²) in [4.78, 5) is 1.37. The standard InChI is InChI=1S/C16H27NO4/c1-18-12-14-20-10-8-17(9-11-21-15-13-19-2)16-6-4-3-5-7-16/h3-7H,8-15H2,1-2H3/p+1. The average molecular weight is 298 g/mol. The average Bonchev–Trinajstić information content (AvgIpc) is 2.53. The lowest BCUT2D eigenvalue weighted by atomic mass is 10.3. The topological polar surface area (TPSA) is 41.4 Å². The van der Waals surface area contributed by atoms with Gasteiger partial charge in [0.2, 0.25) is 0 Å². The van der Waals surface area contributed by atoms with E-state index >= 15 is 0 Å². The van der Waals surface area contributed by atoms with Crippen LogP contribution in [0.25, 0.3) is 0 Å². The van der Waals surface area contributed by atoms with Crippen LogP contribution in [-0.2, 0) is 18.9 Å². The first-order valence-electron chi connectivity index (χ1n) is 7.42. The number of hydrogen-bond acceptors (Lipinski definition) is 4. The summed E-state index contributed by atoms with van der Waals surface area (Å²) in [5.74, 6) is 0. The summed E-state index contributed by atoms with van der Waals surface area (Å²) in [6.45, 7) is 5.83. The highest BCUT2D eigenvalue weighted by Gasteiger charge is 2.11. The maximum atomic E-state index is 5.56. The number of para-hydroxylation sites is 1. The minimum atomic E-state index is 0.640. The van der Waals surface area contributed by atoms with Gasteiger partial charge in [0.15, 0.2) is 0 Å². The summed E-state index contributed by atoms with van der Waals surface area (Å²) in [6, 6.07) is 10.4. The molecule has 0 radical (unpaired) electrons. The molecule has 0 heterocycles. The molecule has 0 aromatic heterocycles. The highest BCUT2D eigenvalue weighted by Crippen LogP contribution is 1.98. The van der Waals surface area contributed by atoms with E-state index in [1.54, 1.807) is 14.2 Å². The number of rotatable bonds is 13. The maximum Gasteiger partial charge on any atom is 0.131 e. The van der Waals surface area contributed by atoms with Gasteiger partial charge in [-0.05, 0) is 12.1 Å². The van der Waals surface area contributed by atoms with E-state index in [1.165, 1.54) is 10.6 Å². The first-order chi connectivity index (χ1) is 10.4. The summed E-state index contributed by atoms with van der Waals surface area (Å²) < 4.78 is 21.1. The lowest BCUT2D eigenvalue weighted by molar-refractivity contribution is -0.834. The summed E-state index contributed by atoms with van der Waals surface area (Å²) in [5, 5.41) is 0.